The molecule has 4 aromatic rings. The van der Waals surface area contributed by atoms with Crippen molar-refractivity contribution in [1.29, 1.82) is 0 Å². The van der Waals surface area contributed by atoms with E-state index in [9.17, 15) is 19.4 Å². The summed E-state index contributed by atoms with van der Waals surface area (Å²) >= 11 is 0. The molecule has 7 nitrogen and oxygen atoms in total. The predicted molar refractivity (Wildman–Crippen MR) is 145 cm³/mol. The molecule has 0 fully saturated rings. The van der Waals surface area contributed by atoms with E-state index in [1.165, 1.54) is 18.2 Å². The molecule has 0 amide bonds. The zero-order chi connectivity index (χ0) is 27.4. The number of aliphatic hydroxyl groups excluding tert-OH is 2. The molecule has 0 aliphatic rings. The van der Waals surface area contributed by atoms with E-state index in [0.29, 0.717) is 12.2 Å². The van der Waals surface area contributed by atoms with Crippen molar-refractivity contribution in [2.45, 2.75) is 58.3 Å². The monoisotopic (exact) mass is 517 g/mol. The number of rotatable bonds is 10. The lowest BCUT2D eigenvalue weighted by Crippen LogP contribution is -2.19. The standard InChI is InChI=1S/C30H32FN3O4/c1-18(2)29-25(14-13-23(35)15-24(36)16-26(37)38)28(21-9-11-22(31)12-10-21)27-19(3)33-34(30(27)32-29)17-20-7-5-4-6-8-20/h4-14,18,23-24,35-36H,15-17H2,1-3H3,(H,37,38)/b14-13+. The fraction of sp³-hybridized carbons (Fsp3) is 0.300. The maximum atomic E-state index is 13.9. The van der Waals surface area contributed by atoms with Gasteiger partial charge in [-0.3, -0.25) is 4.79 Å². The molecule has 0 spiro atoms. The van der Waals surface area contributed by atoms with Gasteiger partial charge in [0.05, 0.1) is 41.9 Å². The van der Waals surface area contributed by atoms with Crippen LogP contribution in [0.15, 0.2) is 60.7 Å². The Bertz CT molecular complexity index is 1450. The van der Waals surface area contributed by atoms with Crippen LogP contribution >= 0.6 is 0 Å². The maximum absolute atomic E-state index is 13.9. The van der Waals surface area contributed by atoms with E-state index in [4.69, 9.17) is 15.2 Å². The van der Waals surface area contributed by atoms with Crippen LogP contribution in [0.25, 0.3) is 28.2 Å². The number of pyridine rings is 1. The van der Waals surface area contributed by atoms with Crippen molar-refractivity contribution in [2.75, 3.05) is 0 Å². The molecule has 0 radical (unpaired) electrons. The number of aryl methyl sites for hydroxylation is 1. The molecule has 2 aromatic heterocycles. The number of halogens is 1. The fourth-order valence-corrected chi connectivity index (χ4v) is 4.65. The minimum atomic E-state index is -1.17. The van der Waals surface area contributed by atoms with E-state index in [0.717, 1.165) is 39.0 Å². The molecule has 2 atom stereocenters. The lowest BCUT2D eigenvalue weighted by atomic mass is 9.91. The van der Waals surface area contributed by atoms with Gasteiger partial charge in [0.15, 0.2) is 5.65 Å². The summed E-state index contributed by atoms with van der Waals surface area (Å²) in [7, 11) is 0. The minimum Gasteiger partial charge on any atom is -0.481 e. The van der Waals surface area contributed by atoms with Gasteiger partial charge in [0.25, 0.3) is 0 Å². The maximum Gasteiger partial charge on any atom is 0.305 e. The second-order valence-corrected chi connectivity index (χ2v) is 9.79. The Morgan fingerprint density at radius 1 is 1.08 bits per heavy atom. The molecule has 2 heterocycles. The Morgan fingerprint density at radius 2 is 1.76 bits per heavy atom. The number of nitrogens with zero attached hydrogens (tertiary/aromatic N) is 3. The van der Waals surface area contributed by atoms with Crippen molar-refractivity contribution in [3.63, 3.8) is 0 Å². The number of carboxylic acids is 1. The molecule has 0 saturated carbocycles. The van der Waals surface area contributed by atoms with Gasteiger partial charge < -0.3 is 15.3 Å². The first kappa shape index (κ1) is 27.2. The van der Waals surface area contributed by atoms with Crippen molar-refractivity contribution in [3.8, 4) is 11.1 Å². The Balaban J connectivity index is 1.89. The SMILES string of the molecule is Cc1nn(Cc2ccccc2)c2nc(C(C)C)c(/C=C/C(O)CC(O)CC(=O)O)c(-c3ccc(F)cc3)c12. The fourth-order valence-electron chi connectivity index (χ4n) is 4.65. The van der Waals surface area contributed by atoms with Crippen LogP contribution in [-0.4, -0.2) is 48.3 Å². The van der Waals surface area contributed by atoms with Crippen LogP contribution in [0.3, 0.4) is 0 Å². The number of fused-ring (bicyclic) bond motifs is 1. The third kappa shape index (κ3) is 6.15. The summed E-state index contributed by atoms with van der Waals surface area (Å²) in [4.78, 5) is 15.9. The van der Waals surface area contributed by atoms with Gasteiger partial charge in [-0.05, 0) is 36.1 Å². The zero-order valence-electron chi connectivity index (χ0n) is 21.7. The Kier molecular flexibility index (Phi) is 8.34. The molecule has 4 rings (SSSR count). The first-order valence-corrected chi connectivity index (χ1v) is 12.6. The van der Waals surface area contributed by atoms with E-state index < -0.39 is 24.6 Å². The number of carbonyl (C=O) groups is 1. The first-order chi connectivity index (χ1) is 18.1. The smallest absolute Gasteiger partial charge is 0.305 e. The summed E-state index contributed by atoms with van der Waals surface area (Å²) in [6.07, 6.45) is 0.491. The van der Waals surface area contributed by atoms with Crippen LogP contribution in [0.4, 0.5) is 4.39 Å². The predicted octanol–water partition coefficient (Wildman–Crippen LogP) is 5.32. The van der Waals surface area contributed by atoms with Crippen molar-refractivity contribution in [1.82, 2.24) is 14.8 Å². The summed E-state index contributed by atoms with van der Waals surface area (Å²) in [5, 5.41) is 35.0. The normalized spacial score (nSPS) is 13.4. The molecular formula is C30H32FN3O4. The second-order valence-electron chi connectivity index (χ2n) is 9.79. The van der Waals surface area contributed by atoms with E-state index in [2.05, 4.69) is 0 Å². The Hall–Kier alpha value is -3.88. The van der Waals surface area contributed by atoms with Crippen LogP contribution in [0.2, 0.25) is 0 Å². The average Bonchev–Trinajstić information content (AvgIpc) is 3.17. The average molecular weight is 518 g/mol. The number of aliphatic carboxylic acids is 1. The summed E-state index contributed by atoms with van der Waals surface area (Å²) in [6.45, 7) is 6.50. The van der Waals surface area contributed by atoms with Crippen LogP contribution in [-0.2, 0) is 11.3 Å². The van der Waals surface area contributed by atoms with Crippen molar-refractivity contribution >= 4 is 23.1 Å². The molecule has 3 N–H and O–H groups in total. The van der Waals surface area contributed by atoms with Gasteiger partial charge in [-0.25, -0.2) is 14.1 Å². The number of carboxylic acid groups (broad SMARTS) is 1. The third-order valence-corrected chi connectivity index (χ3v) is 6.39. The van der Waals surface area contributed by atoms with Crippen LogP contribution in [0, 0.1) is 12.7 Å². The van der Waals surface area contributed by atoms with Crippen molar-refractivity contribution in [2.24, 2.45) is 0 Å². The number of hydrogen-bond acceptors (Lipinski definition) is 5. The highest BCUT2D eigenvalue weighted by Crippen LogP contribution is 2.38. The van der Waals surface area contributed by atoms with Gasteiger partial charge in [0.1, 0.15) is 5.82 Å². The van der Waals surface area contributed by atoms with Gasteiger partial charge in [0, 0.05) is 17.5 Å². The van der Waals surface area contributed by atoms with Gasteiger partial charge in [-0.2, -0.15) is 5.10 Å². The molecule has 0 aliphatic heterocycles. The molecule has 8 heteroatoms. The van der Waals surface area contributed by atoms with Crippen molar-refractivity contribution < 1.29 is 24.5 Å². The summed E-state index contributed by atoms with van der Waals surface area (Å²) in [5.74, 6) is -1.47. The van der Waals surface area contributed by atoms with Crippen LogP contribution in [0.5, 0.6) is 0 Å². The highest BCUT2D eigenvalue weighted by Gasteiger charge is 2.23. The van der Waals surface area contributed by atoms with Crippen LogP contribution < -0.4 is 0 Å². The Labute approximate surface area is 220 Å². The highest BCUT2D eigenvalue weighted by atomic mass is 19.1. The van der Waals surface area contributed by atoms with Gasteiger partial charge in [-0.15, -0.1) is 0 Å². The summed E-state index contributed by atoms with van der Waals surface area (Å²) in [6, 6.07) is 16.2. The lowest BCUT2D eigenvalue weighted by Gasteiger charge is -2.18. The first-order valence-electron chi connectivity index (χ1n) is 12.6. The number of benzene rings is 2. The molecule has 0 saturated heterocycles. The van der Waals surface area contributed by atoms with E-state index >= 15 is 0 Å². The van der Waals surface area contributed by atoms with Gasteiger partial charge in [-0.1, -0.05) is 68.5 Å². The molecule has 0 bridgehead atoms. The third-order valence-electron chi connectivity index (χ3n) is 6.39. The number of aliphatic hydroxyl groups is 2. The van der Waals surface area contributed by atoms with Gasteiger partial charge in [0.2, 0.25) is 0 Å². The quantitative estimate of drug-likeness (QED) is 0.263. The largest absolute Gasteiger partial charge is 0.481 e. The number of hydrogen-bond donors (Lipinski definition) is 3. The molecule has 198 valence electrons. The second kappa shape index (κ2) is 11.7. The van der Waals surface area contributed by atoms with E-state index in [1.807, 2.05) is 55.8 Å². The lowest BCUT2D eigenvalue weighted by molar-refractivity contribution is -0.139. The molecule has 2 aromatic carbocycles. The summed E-state index contributed by atoms with van der Waals surface area (Å²) in [5.41, 5.74) is 5.70. The van der Waals surface area contributed by atoms with Crippen molar-refractivity contribution in [3.05, 3.63) is 89.0 Å². The zero-order valence-corrected chi connectivity index (χ0v) is 21.7. The van der Waals surface area contributed by atoms with E-state index in [-0.39, 0.29) is 18.2 Å². The highest BCUT2D eigenvalue weighted by molar-refractivity contribution is 6.00. The van der Waals surface area contributed by atoms with Crippen LogP contribution in [0.1, 0.15) is 55.1 Å². The van der Waals surface area contributed by atoms with E-state index in [1.54, 1.807) is 18.2 Å². The molecule has 0 aliphatic carbocycles. The minimum absolute atomic E-state index is 0.00775. The Morgan fingerprint density at radius 3 is 2.39 bits per heavy atom. The van der Waals surface area contributed by atoms with Gasteiger partial charge >= 0.3 is 5.97 Å². The molecular weight excluding hydrogens is 485 g/mol. The number of aromatic nitrogens is 3. The summed E-state index contributed by atoms with van der Waals surface area (Å²) < 4.78 is 15.8. The topological polar surface area (TPSA) is 108 Å². The molecule has 2 unspecified atom stereocenters. The molecule has 38 heavy (non-hydrogen) atoms.